The molecule has 0 saturated heterocycles. The van der Waals surface area contributed by atoms with E-state index in [9.17, 15) is 4.79 Å². The second-order valence-electron chi connectivity index (χ2n) is 4.53. The predicted molar refractivity (Wildman–Crippen MR) is 80.5 cm³/mol. The Hall–Kier alpha value is -1.65. The molecule has 0 fully saturated rings. The van der Waals surface area contributed by atoms with Crippen molar-refractivity contribution in [2.75, 3.05) is 11.9 Å². The van der Waals surface area contributed by atoms with Gasteiger partial charge < -0.3 is 10.6 Å². The van der Waals surface area contributed by atoms with E-state index < -0.39 is 0 Å². The van der Waals surface area contributed by atoms with Crippen molar-refractivity contribution in [3.8, 4) is 0 Å². The molecule has 0 bridgehead atoms. The average molecular weight is 274 g/mol. The van der Waals surface area contributed by atoms with Crippen LogP contribution < -0.4 is 10.6 Å². The molecule has 19 heavy (non-hydrogen) atoms. The van der Waals surface area contributed by atoms with Gasteiger partial charge in [-0.15, -0.1) is 11.3 Å². The van der Waals surface area contributed by atoms with Gasteiger partial charge in [-0.2, -0.15) is 0 Å². The maximum Gasteiger partial charge on any atom is 0.238 e. The highest BCUT2D eigenvalue weighted by atomic mass is 32.1. The first kappa shape index (κ1) is 13.8. The Morgan fingerprint density at radius 1 is 1.26 bits per heavy atom. The molecular formula is C15H18N2OS. The number of thiophene rings is 1. The van der Waals surface area contributed by atoms with E-state index in [0.717, 1.165) is 5.69 Å². The molecule has 100 valence electrons. The largest absolute Gasteiger partial charge is 0.325 e. The van der Waals surface area contributed by atoms with Crippen molar-refractivity contribution in [3.05, 3.63) is 52.2 Å². The fourth-order valence-electron chi connectivity index (χ4n) is 1.73. The van der Waals surface area contributed by atoms with E-state index in [1.54, 1.807) is 11.3 Å². The third-order valence-electron chi connectivity index (χ3n) is 2.87. The molecule has 1 atom stereocenters. The van der Waals surface area contributed by atoms with Crippen molar-refractivity contribution in [3.63, 3.8) is 0 Å². The standard InChI is InChI=1S/C15H18N2OS/c1-11-5-7-13(8-6-11)17-15(18)10-16-12(2)14-4-3-9-19-14/h3-9,12,16H,10H2,1-2H3,(H,17,18)/t12-/m1/s1. The number of carbonyl (C=O) groups excluding carboxylic acids is 1. The number of hydrogen-bond acceptors (Lipinski definition) is 3. The second kappa shape index (κ2) is 6.50. The molecule has 4 heteroatoms. The number of aryl methyl sites for hydroxylation is 1. The molecule has 0 saturated carbocycles. The van der Waals surface area contributed by atoms with E-state index in [2.05, 4.69) is 23.6 Å². The lowest BCUT2D eigenvalue weighted by Crippen LogP contribution is -2.29. The fraction of sp³-hybridized carbons (Fsp3) is 0.267. The zero-order valence-electron chi connectivity index (χ0n) is 11.1. The van der Waals surface area contributed by atoms with Crippen molar-refractivity contribution >= 4 is 22.9 Å². The molecule has 0 aliphatic rings. The molecule has 2 N–H and O–H groups in total. The highest BCUT2D eigenvalue weighted by molar-refractivity contribution is 7.10. The van der Waals surface area contributed by atoms with Crippen molar-refractivity contribution < 1.29 is 4.79 Å². The summed E-state index contributed by atoms with van der Waals surface area (Å²) < 4.78 is 0. The van der Waals surface area contributed by atoms with E-state index in [1.807, 2.05) is 42.6 Å². The first-order chi connectivity index (χ1) is 9.15. The van der Waals surface area contributed by atoms with Crippen molar-refractivity contribution in [1.29, 1.82) is 0 Å². The maximum atomic E-state index is 11.8. The second-order valence-corrected chi connectivity index (χ2v) is 5.51. The van der Waals surface area contributed by atoms with Gasteiger partial charge in [0.05, 0.1) is 6.54 Å². The van der Waals surface area contributed by atoms with Crippen LogP contribution in [0.2, 0.25) is 0 Å². The van der Waals surface area contributed by atoms with E-state index in [0.29, 0.717) is 6.54 Å². The van der Waals surface area contributed by atoms with Crippen molar-refractivity contribution in [2.24, 2.45) is 0 Å². The first-order valence-electron chi connectivity index (χ1n) is 6.28. The minimum absolute atomic E-state index is 0.0211. The van der Waals surface area contributed by atoms with Gasteiger partial charge in [0.25, 0.3) is 0 Å². The zero-order chi connectivity index (χ0) is 13.7. The molecule has 0 unspecified atom stereocenters. The number of hydrogen-bond donors (Lipinski definition) is 2. The molecular weight excluding hydrogens is 256 g/mol. The quantitative estimate of drug-likeness (QED) is 0.878. The van der Waals surface area contributed by atoms with Crippen LogP contribution in [0.5, 0.6) is 0 Å². The Balaban J connectivity index is 1.80. The zero-order valence-corrected chi connectivity index (χ0v) is 12.0. The average Bonchev–Trinajstić information content (AvgIpc) is 2.93. The van der Waals surface area contributed by atoms with Crippen LogP contribution in [0.4, 0.5) is 5.69 Å². The lowest BCUT2D eigenvalue weighted by Gasteiger charge is -2.12. The molecule has 0 radical (unpaired) electrons. The van der Waals surface area contributed by atoms with Crippen molar-refractivity contribution in [1.82, 2.24) is 5.32 Å². The monoisotopic (exact) mass is 274 g/mol. The molecule has 0 aliphatic carbocycles. The molecule has 1 aromatic heterocycles. The highest BCUT2D eigenvalue weighted by Crippen LogP contribution is 2.17. The topological polar surface area (TPSA) is 41.1 Å². The SMILES string of the molecule is Cc1ccc(NC(=O)CN[C@H](C)c2cccs2)cc1. The molecule has 3 nitrogen and oxygen atoms in total. The normalized spacial score (nSPS) is 12.1. The van der Waals surface area contributed by atoms with Gasteiger partial charge in [-0.25, -0.2) is 0 Å². The Morgan fingerprint density at radius 3 is 2.63 bits per heavy atom. The van der Waals surface area contributed by atoms with Gasteiger partial charge in [0, 0.05) is 16.6 Å². The number of anilines is 1. The Bertz CT molecular complexity index is 520. The highest BCUT2D eigenvalue weighted by Gasteiger charge is 2.08. The maximum absolute atomic E-state index is 11.8. The summed E-state index contributed by atoms with van der Waals surface area (Å²) in [7, 11) is 0. The Labute approximate surface area is 117 Å². The number of carbonyl (C=O) groups is 1. The van der Waals surface area contributed by atoms with Crippen LogP contribution in [-0.4, -0.2) is 12.5 Å². The van der Waals surface area contributed by atoms with Gasteiger partial charge in [0.2, 0.25) is 5.91 Å². The van der Waals surface area contributed by atoms with Crippen LogP contribution in [0.15, 0.2) is 41.8 Å². The number of nitrogens with one attached hydrogen (secondary N) is 2. The van der Waals surface area contributed by atoms with Gasteiger partial charge in [0.15, 0.2) is 0 Å². The molecule has 1 heterocycles. The first-order valence-corrected chi connectivity index (χ1v) is 7.16. The van der Waals surface area contributed by atoms with E-state index >= 15 is 0 Å². The van der Waals surface area contributed by atoms with Crippen LogP contribution in [0.1, 0.15) is 23.4 Å². The minimum Gasteiger partial charge on any atom is -0.325 e. The summed E-state index contributed by atoms with van der Waals surface area (Å²) >= 11 is 1.69. The molecule has 0 aliphatic heterocycles. The summed E-state index contributed by atoms with van der Waals surface area (Å²) in [4.78, 5) is 13.0. The summed E-state index contributed by atoms with van der Waals surface area (Å²) in [6.45, 7) is 4.40. The lowest BCUT2D eigenvalue weighted by atomic mass is 10.2. The van der Waals surface area contributed by atoms with Crippen LogP contribution in [-0.2, 0) is 4.79 Å². The third-order valence-corrected chi connectivity index (χ3v) is 3.93. The van der Waals surface area contributed by atoms with E-state index in [4.69, 9.17) is 0 Å². The Morgan fingerprint density at radius 2 is 2.00 bits per heavy atom. The third kappa shape index (κ3) is 4.19. The van der Waals surface area contributed by atoms with Crippen LogP contribution in [0.3, 0.4) is 0 Å². The van der Waals surface area contributed by atoms with E-state index in [-0.39, 0.29) is 11.9 Å². The van der Waals surface area contributed by atoms with Crippen LogP contribution in [0.25, 0.3) is 0 Å². The number of rotatable bonds is 5. The summed E-state index contributed by atoms with van der Waals surface area (Å²) in [5, 5.41) is 8.13. The molecule has 2 rings (SSSR count). The fourth-order valence-corrected chi connectivity index (χ4v) is 2.48. The summed E-state index contributed by atoms with van der Waals surface area (Å²) in [6.07, 6.45) is 0. The van der Waals surface area contributed by atoms with Gasteiger partial charge in [0.1, 0.15) is 0 Å². The van der Waals surface area contributed by atoms with Gasteiger partial charge in [-0.3, -0.25) is 4.79 Å². The minimum atomic E-state index is -0.0211. The van der Waals surface area contributed by atoms with Gasteiger partial charge in [-0.1, -0.05) is 23.8 Å². The number of amides is 1. The van der Waals surface area contributed by atoms with E-state index in [1.165, 1.54) is 10.4 Å². The summed E-state index contributed by atoms with van der Waals surface area (Å²) in [5.41, 5.74) is 2.02. The van der Waals surface area contributed by atoms with Crippen LogP contribution >= 0.6 is 11.3 Å². The predicted octanol–water partition coefficient (Wildman–Crippen LogP) is 3.35. The smallest absolute Gasteiger partial charge is 0.238 e. The number of benzene rings is 1. The molecule has 1 amide bonds. The molecule has 1 aromatic carbocycles. The Kier molecular flexibility index (Phi) is 4.71. The molecule has 2 aromatic rings. The van der Waals surface area contributed by atoms with Gasteiger partial charge >= 0.3 is 0 Å². The van der Waals surface area contributed by atoms with Gasteiger partial charge in [-0.05, 0) is 37.4 Å². The molecule has 0 spiro atoms. The summed E-state index contributed by atoms with van der Waals surface area (Å²) in [6, 6.07) is 12.1. The summed E-state index contributed by atoms with van der Waals surface area (Å²) in [5.74, 6) is -0.0211. The lowest BCUT2D eigenvalue weighted by molar-refractivity contribution is -0.115. The van der Waals surface area contributed by atoms with Crippen molar-refractivity contribution in [2.45, 2.75) is 19.9 Å². The van der Waals surface area contributed by atoms with Crippen LogP contribution in [0, 0.1) is 6.92 Å².